The van der Waals surface area contributed by atoms with E-state index >= 15 is 0 Å². The van der Waals surface area contributed by atoms with Gasteiger partial charge in [-0.15, -0.1) is 0 Å². The molecule has 0 spiro atoms. The van der Waals surface area contributed by atoms with Crippen molar-refractivity contribution in [1.29, 1.82) is 0 Å². The van der Waals surface area contributed by atoms with E-state index in [1.807, 2.05) is 0 Å². The molecule has 5 amide bonds. The molecular formula is C27H41N5O9. The Labute approximate surface area is 239 Å². The maximum atomic E-state index is 12.7. The number of anilines is 1. The summed E-state index contributed by atoms with van der Waals surface area (Å²) in [5.41, 5.74) is 0.483. The Kier molecular flexibility index (Phi) is 14.1. The maximum Gasteiger partial charge on any atom is 0.407 e. The summed E-state index contributed by atoms with van der Waals surface area (Å²) < 4.78 is 10.2. The average molecular weight is 580 g/mol. The molecule has 0 aromatic heterocycles. The molecule has 41 heavy (non-hydrogen) atoms. The van der Waals surface area contributed by atoms with E-state index in [-0.39, 0.29) is 38.5 Å². The predicted octanol–water partition coefficient (Wildman–Crippen LogP) is 1.89. The Hall–Kier alpha value is -4.36. The zero-order valence-corrected chi connectivity index (χ0v) is 24.3. The van der Waals surface area contributed by atoms with E-state index in [4.69, 9.17) is 14.6 Å². The Morgan fingerprint density at radius 2 is 1.41 bits per heavy atom. The van der Waals surface area contributed by atoms with Crippen LogP contribution in [0.15, 0.2) is 24.3 Å². The molecule has 0 aliphatic carbocycles. The summed E-state index contributed by atoms with van der Waals surface area (Å²) in [5.74, 6) is -3.07. The molecule has 1 aromatic rings. The maximum absolute atomic E-state index is 12.7. The van der Waals surface area contributed by atoms with Gasteiger partial charge in [-0.05, 0) is 51.3 Å². The first-order valence-electron chi connectivity index (χ1n) is 13.2. The summed E-state index contributed by atoms with van der Waals surface area (Å²) >= 11 is 0. The number of ether oxygens (including phenoxy) is 2. The van der Waals surface area contributed by atoms with Crippen LogP contribution < -0.4 is 26.6 Å². The normalized spacial score (nSPS) is 12.4. The van der Waals surface area contributed by atoms with Crippen molar-refractivity contribution >= 4 is 41.6 Å². The molecule has 6 N–H and O–H groups in total. The minimum atomic E-state index is -1.12. The van der Waals surface area contributed by atoms with Crippen LogP contribution in [0.4, 0.5) is 15.3 Å². The molecule has 14 heteroatoms. The van der Waals surface area contributed by atoms with Crippen LogP contribution in [0.2, 0.25) is 0 Å². The predicted molar refractivity (Wildman–Crippen MR) is 149 cm³/mol. The van der Waals surface area contributed by atoms with Gasteiger partial charge in [0.05, 0.1) is 6.42 Å². The zero-order chi connectivity index (χ0) is 31.2. The summed E-state index contributed by atoms with van der Waals surface area (Å²) in [5, 5.41) is 21.5. The molecule has 2 atom stereocenters. The molecule has 0 fully saturated rings. The van der Waals surface area contributed by atoms with Crippen molar-refractivity contribution in [3.05, 3.63) is 29.8 Å². The van der Waals surface area contributed by atoms with Crippen molar-refractivity contribution in [3.8, 4) is 0 Å². The van der Waals surface area contributed by atoms with Gasteiger partial charge < -0.3 is 41.2 Å². The van der Waals surface area contributed by atoms with Crippen LogP contribution in [0, 0.1) is 5.92 Å². The number of aliphatic carboxylic acids is 1. The molecule has 1 aromatic carbocycles. The molecule has 0 radical (unpaired) electrons. The number of amides is 5. The number of alkyl carbamates (subject to hydrolysis) is 2. The quantitative estimate of drug-likeness (QED) is 0.178. The Morgan fingerprint density at radius 3 is 1.95 bits per heavy atom. The third-order valence-corrected chi connectivity index (χ3v) is 5.24. The van der Waals surface area contributed by atoms with Crippen molar-refractivity contribution in [2.75, 3.05) is 18.4 Å². The van der Waals surface area contributed by atoms with E-state index in [1.165, 1.54) is 6.92 Å². The highest BCUT2D eigenvalue weighted by Gasteiger charge is 2.27. The third kappa shape index (κ3) is 15.1. The molecule has 14 nitrogen and oxygen atoms in total. The standard InChI is InChI=1S/C27H41N5O9/c1-16(2)22(32-20(33)11-12-21(34)35)24(37)30-17(3)23(36)31-19-9-7-18(8-10-19)15-40-25(38)28-13-14-29-26(39)41-27(4,5)6/h7-10,16-17,22H,11-15H2,1-6H3,(H,28,38)(H,29,39)(H,30,37)(H,31,36)(H,32,33)(H,34,35)/t17-,22-/m0/s1. The molecule has 0 bridgehead atoms. The molecular weight excluding hydrogens is 538 g/mol. The topological polar surface area (TPSA) is 201 Å². The van der Waals surface area contributed by atoms with Gasteiger partial charge in [0.1, 0.15) is 24.3 Å². The Balaban J connectivity index is 2.46. The van der Waals surface area contributed by atoms with Gasteiger partial charge in [0.2, 0.25) is 17.7 Å². The highest BCUT2D eigenvalue weighted by atomic mass is 16.6. The second kappa shape index (κ2) is 16.7. The van der Waals surface area contributed by atoms with E-state index in [1.54, 1.807) is 58.9 Å². The van der Waals surface area contributed by atoms with Crippen LogP contribution in [0.5, 0.6) is 0 Å². The monoisotopic (exact) mass is 579 g/mol. The lowest BCUT2D eigenvalue weighted by molar-refractivity contribution is -0.139. The van der Waals surface area contributed by atoms with Crippen molar-refractivity contribution < 1.29 is 43.3 Å². The Morgan fingerprint density at radius 1 is 0.829 bits per heavy atom. The van der Waals surface area contributed by atoms with E-state index in [9.17, 15) is 28.8 Å². The molecule has 0 saturated heterocycles. The summed E-state index contributed by atoms with van der Waals surface area (Å²) in [7, 11) is 0. The van der Waals surface area contributed by atoms with Crippen molar-refractivity contribution in [2.45, 2.75) is 78.7 Å². The van der Waals surface area contributed by atoms with Crippen LogP contribution >= 0.6 is 0 Å². The lowest BCUT2D eigenvalue weighted by Gasteiger charge is -2.23. The van der Waals surface area contributed by atoms with Crippen LogP contribution in [-0.2, 0) is 35.3 Å². The third-order valence-electron chi connectivity index (χ3n) is 5.24. The zero-order valence-electron chi connectivity index (χ0n) is 24.3. The number of nitrogens with one attached hydrogen (secondary N) is 5. The van der Waals surface area contributed by atoms with Crippen molar-refractivity contribution in [1.82, 2.24) is 21.3 Å². The fraction of sp³-hybridized carbons (Fsp3) is 0.556. The minimum Gasteiger partial charge on any atom is -0.481 e. The van der Waals surface area contributed by atoms with Gasteiger partial charge in [-0.1, -0.05) is 26.0 Å². The summed E-state index contributed by atoms with van der Waals surface area (Å²) in [4.78, 5) is 71.3. The molecule has 0 heterocycles. The first kappa shape index (κ1) is 34.7. The molecule has 228 valence electrons. The number of benzene rings is 1. The van der Waals surface area contributed by atoms with Crippen LogP contribution in [0.3, 0.4) is 0 Å². The number of carbonyl (C=O) groups is 6. The largest absolute Gasteiger partial charge is 0.481 e. The van der Waals surface area contributed by atoms with Gasteiger partial charge in [0, 0.05) is 25.2 Å². The minimum absolute atomic E-state index is 0.0270. The second-order valence-corrected chi connectivity index (χ2v) is 10.5. The highest BCUT2D eigenvalue weighted by molar-refractivity contribution is 5.98. The van der Waals surface area contributed by atoms with E-state index in [0.29, 0.717) is 11.3 Å². The smallest absolute Gasteiger partial charge is 0.407 e. The van der Waals surface area contributed by atoms with Gasteiger partial charge in [-0.25, -0.2) is 9.59 Å². The average Bonchev–Trinajstić information content (AvgIpc) is 2.86. The number of rotatable bonds is 14. The highest BCUT2D eigenvalue weighted by Crippen LogP contribution is 2.12. The van der Waals surface area contributed by atoms with Gasteiger partial charge in [-0.3, -0.25) is 19.2 Å². The number of carboxylic acids is 1. The molecule has 0 aliphatic heterocycles. The number of carboxylic acid groups (broad SMARTS) is 1. The second-order valence-electron chi connectivity index (χ2n) is 10.5. The number of carbonyl (C=O) groups excluding carboxylic acids is 5. The first-order valence-corrected chi connectivity index (χ1v) is 13.2. The van der Waals surface area contributed by atoms with Crippen molar-refractivity contribution in [3.63, 3.8) is 0 Å². The SMILES string of the molecule is CC(C)[C@H](NC(=O)CCC(=O)O)C(=O)N[C@@H](C)C(=O)Nc1ccc(COC(=O)NCCNC(=O)OC(C)(C)C)cc1. The lowest BCUT2D eigenvalue weighted by atomic mass is 10.0. The van der Waals surface area contributed by atoms with Gasteiger partial charge >= 0.3 is 18.2 Å². The molecule has 0 saturated carbocycles. The fourth-order valence-corrected chi connectivity index (χ4v) is 3.15. The van der Waals surface area contributed by atoms with Crippen LogP contribution in [0.1, 0.15) is 59.9 Å². The molecule has 1 rings (SSSR count). The van der Waals surface area contributed by atoms with Crippen LogP contribution in [0.25, 0.3) is 0 Å². The fourth-order valence-electron chi connectivity index (χ4n) is 3.15. The summed E-state index contributed by atoms with van der Waals surface area (Å²) in [6.07, 6.45) is -1.88. The van der Waals surface area contributed by atoms with E-state index < -0.39 is 53.6 Å². The van der Waals surface area contributed by atoms with Crippen molar-refractivity contribution in [2.24, 2.45) is 5.92 Å². The Bertz CT molecular complexity index is 1070. The van der Waals surface area contributed by atoms with Crippen LogP contribution in [-0.4, -0.2) is 71.8 Å². The first-order chi connectivity index (χ1) is 19.1. The number of hydrogen-bond donors (Lipinski definition) is 6. The molecule has 0 aliphatic rings. The van der Waals surface area contributed by atoms with E-state index in [0.717, 1.165) is 0 Å². The van der Waals surface area contributed by atoms with Gasteiger partial charge in [0.25, 0.3) is 0 Å². The lowest BCUT2D eigenvalue weighted by Crippen LogP contribution is -2.53. The van der Waals surface area contributed by atoms with Gasteiger partial charge in [0.15, 0.2) is 0 Å². The van der Waals surface area contributed by atoms with Gasteiger partial charge in [-0.2, -0.15) is 0 Å². The summed E-state index contributed by atoms with van der Waals surface area (Å²) in [6, 6.07) is 4.64. The molecule has 0 unspecified atom stereocenters. The number of hydrogen-bond acceptors (Lipinski definition) is 8. The van der Waals surface area contributed by atoms with E-state index in [2.05, 4.69) is 26.6 Å². The summed E-state index contributed by atoms with van der Waals surface area (Å²) in [6.45, 7) is 10.4.